The number of aromatic amines is 1. The number of ether oxygens (including phenoxy) is 3. The molecule has 15 heteroatoms. The monoisotopic (exact) mass is 638 g/mol. The highest BCUT2D eigenvalue weighted by atomic mass is 19.4. The number of nitrogens with one attached hydrogen (secondary N) is 1. The highest BCUT2D eigenvalue weighted by Gasteiger charge is 2.42. The number of alkyl halides is 3. The van der Waals surface area contributed by atoms with Crippen molar-refractivity contribution < 1.29 is 31.8 Å². The first-order valence-electron chi connectivity index (χ1n) is 14.8. The van der Waals surface area contributed by atoms with Gasteiger partial charge in [-0.2, -0.15) is 18.3 Å². The molecule has 3 aliphatic heterocycles. The average Bonchev–Trinajstić information content (AvgIpc) is 3.70. The van der Waals surface area contributed by atoms with Gasteiger partial charge >= 0.3 is 6.18 Å². The van der Waals surface area contributed by atoms with Crippen LogP contribution in [0.3, 0.4) is 0 Å². The molecule has 7 rings (SSSR count). The topological polar surface area (TPSA) is 116 Å². The Hall–Kier alpha value is -4.63. The molecule has 11 nitrogen and oxygen atoms in total. The fraction of sp³-hybridized carbons (Fsp3) is 0.387. The number of allylic oxidation sites excluding steroid dienone is 1. The van der Waals surface area contributed by atoms with Crippen LogP contribution in [0.15, 0.2) is 54.4 Å². The zero-order valence-electron chi connectivity index (χ0n) is 25.1. The number of rotatable bonds is 8. The molecule has 3 aliphatic rings. The van der Waals surface area contributed by atoms with Crippen molar-refractivity contribution in [3.8, 4) is 23.0 Å². The lowest BCUT2D eigenvalue weighted by Gasteiger charge is -2.29. The number of imidazole rings is 1. The quantitative estimate of drug-likeness (QED) is 0.194. The predicted molar refractivity (Wildman–Crippen MR) is 158 cm³/mol. The molecular formula is C31H30F4N8O3. The lowest BCUT2D eigenvalue weighted by Crippen LogP contribution is -2.37. The van der Waals surface area contributed by atoms with Crippen LogP contribution >= 0.6 is 0 Å². The summed E-state index contributed by atoms with van der Waals surface area (Å²) in [6.45, 7) is 9.78. The van der Waals surface area contributed by atoms with Gasteiger partial charge in [0.1, 0.15) is 22.9 Å². The Balaban J connectivity index is 1.13. The molecule has 6 heterocycles. The maximum atomic E-state index is 14.3. The summed E-state index contributed by atoms with van der Waals surface area (Å²) in [6, 6.07) is 7.20. The molecule has 1 saturated heterocycles. The summed E-state index contributed by atoms with van der Waals surface area (Å²) in [4.78, 5) is 10.6. The first kappa shape index (κ1) is 30.0. The third-order valence-electron chi connectivity index (χ3n) is 8.38. The van der Waals surface area contributed by atoms with E-state index in [0.717, 1.165) is 23.4 Å². The second kappa shape index (κ2) is 11.3. The predicted octanol–water partition coefficient (Wildman–Crippen LogP) is 5.63. The standard InChI is InChI=1S/C31H30F4N8O3/c1-4-21(17(2)32)30(3)45-24-7-5-6-20(26(24)46-30)18-8-11-42(12-9-18)16-25-36-23-14-22(27-37-29(41-39-27)31(33,34)35)38-40-28(23)43(25)15-19-10-13-44-19/h4-8,14,19H,1,9-13,15-16H2,2-3H3,(H,37,39,41)/b21-17-/t19-,30-/m0/s1. The molecule has 1 fully saturated rings. The number of nitrogens with zero attached hydrogens (tertiary/aromatic N) is 7. The van der Waals surface area contributed by atoms with Crippen molar-refractivity contribution in [1.29, 1.82) is 0 Å². The zero-order valence-corrected chi connectivity index (χ0v) is 25.1. The van der Waals surface area contributed by atoms with Crippen molar-refractivity contribution in [1.82, 2.24) is 39.8 Å². The van der Waals surface area contributed by atoms with Crippen LogP contribution in [0.4, 0.5) is 17.6 Å². The van der Waals surface area contributed by atoms with E-state index in [1.807, 2.05) is 21.8 Å². The van der Waals surface area contributed by atoms with E-state index in [4.69, 9.17) is 19.2 Å². The van der Waals surface area contributed by atoms with Crippen LogP contribution in [-0.4, -0.2) is 71.4 Å². The van der Waals surface area contributed by atoms with Crippen molar-refractivity contribution >= 4 is 16.7 Å². The molecule has 0 radical (unpaired) electrons. The number of H-pyrrole nitrogens is 1. The van der Waals surface area contributed by atoms with E-state index in [2.05, 4.69) is 37.8 Å². The molecule has 1 N–H and O–H groups in total. The van der Waals surface area contributed by atoms with Crippen LogP contribution in [0, 0.1) is 0 Å². The molecule has 0 saturated carbocycles. The lowest BCUT2D eigenvalue weighted by atomic mass is 9.98. The molecule has 1 aromatic carbocycles. The maximum absolute atomic E-state index is 14.3. The summed E-state index contributed by atoms with van der Waals surface area (Å²) in [5.41, 5.74) is 3.26. The second-order valence-corrected chi connectivity index (χ2v) is 11.5. The van der Waals surface area contributed by atoms with Crippen molar-refractivity contribution in [2.24, 2.45) is 0 Å². The summed E-state index contributed by atoms with van der Waals surface area (Å²) >= 11 is 0. The minimum Gasteiger partial charge on any atom is -0.444 e. The van der Waals surface area contributed by atoms with E-state index in [9.17, 15) is 17.6 Å². The number of hydrogen-bond donors (Lipinski definition) is 1. The summed E-state index contributed by atoms with van der Waals surface area (Å²) in [5, 5.41) is 14.0. The van der Waals surface area contributed by atoms with Crippen LogP contribution in [0.1, 0.15) is 43.9 Å². The highest BCUT2D eigenvalue weighted by molar-refractivity contribution is 5.76. The molecule has 46 heavy (non-hydrogen) atoms. The molecule has 0 spiro atoms. The molecule has 2 atom stereocenters. The summed E-state index contributed by atoms with van der Waals surface area (Å²) in [5.74, 6) is -1.33. The number of para-hydroxylation sites is 1. The van der Waals surface area contributed by atoms with E-state index in [1.165, 1.54) is 13.0 Å². The molecule has 4 aromatic rings. The van der Waals surface area contributed by atoms with Crippen LogP contribution in [0.5, 0.6) is 11.5 Å². The third-order valence-corrected chi connectivity index (χ3v) is 8.38. The van der Waals surface area contributed by atoms with Gasteiger partial charge in [-0.1, -0.05) is 30.9 Å². The molecule has 0 aliphatic carbocycles. The van der Waals surface area contributed by atoms with Crippen LogP contribution in [0.2, 0.25) is 0 Å². The van der Waals surface area contributed by atoms with Crippen LogP contribution in [0.25, 0.3) is 28.3 Å². The molecular weight excluding hydrogens is 608 g/mol. The van der Waals surface area contributed by atoms with Crippen LogP contribution < -0.4 is 9.47 Å². The molecule has 0 bridgehead atoms. The maximum Gasteiger partial charge on any atom is 0.451 e. The first-order chi connectivity index (χ1) is 22.0. The van der Waals surface area contributed by atoms with E-state index < -0.39 is 23.6 Å². The molecule has 240 valence electrons. The van der Waals surface area contributed by atoms with Gasteiger partial charge in [0, 0.05) is 32.2 Å². The Kier molecular flexibility index (Phi) is 7.39. The molecule has 0 unspecified atom stereocenters. The van der Waals surface area contributed by atoms with Gasteiger partial charge in [0.2, 0.25) is 11.6 Å². The zero-order chi connectivity index (χ0) is 32.2. The fourth-order valence-corrected chi connectivity index (χ4v) is 5.96. The molecule has 0 amide bonds. The van der Waals surface area contributed by atoms with Gasteiger partial charge in [-0.05, 0) is 37.5 Å². The Bertz CT molecular complexity index is 1890. The van der Waals surface area contributed by atoms with Crippen molar-refractivity contribution in [3.63, 3.8) is 0 Å². The number of fused-ring (bicyclic) bond motifs is 2. The van der Waals surface area contributed by atoms with Gasteiger partial charge in [0.05, 0.1) is 24.8 Å². The number of aromatic nitrogens is 7. The number of halogens is 4. The third kappa shape index (κ3) is 5.42. The lowest BCUT2D eigenvalue weighted by molar-refractivity contribution is -0.144. The van der Waals surface area contributed by atoms with Gasteiger partial charge in [-0.25, -0.2) is 14.4 Å². The SMILES string of the molecule is C=C/C(=C(\C)F)[C@@]1(C)Oc2cccc(C3=CCN(Cc4nc5cc(-c6n[nH]c(C(F)(F)F)n6)nnc5n4C[C@@H]4CCO4)CC3)c2O1. The Morgan fingerprint density at radius 3 is 2.70 bits per heavy atom. The van der Waals surface area contributed by atoms with Gasteiger partial charge < -0.3 is 18.8 Å². The van der Waals surface area contributed by atoms with Gasteiger partial charge in [-0.15, -0.1) is 10.2 Å². The summed E-state index contributed by atoms with van der Waals surface area (Å²) in [6.07, 6.45) is 0.506. The van der Waals surface area contributed by atoms with Gasteiger partial charge in [0.15, 0.2) is 17.1 Å². The molecule has 3 aromatic heterocycles. The van der Waals surface area contributed by atoms with Crippen LogP contribution in [-0.2, 0) is 24.0 Å². The van der Waals surface area contributed by atoms with Crippen molar-refractivity contribution in [2.75, 3.05) is 19.7 Å². The summed E-state index contributed by atoms with van der Waals surface area (Å²) in [7, 11) is 0. The Morgan fingerprint density at radius 1 is 1.22 bits per heavy atom. The van der Waals surface area contributed by atoms with E-state index in [1.54, 1.807) is 19.1 Å². The highest BCUT2D eigenvalue weighted by Crippen LogP contribution is 2.48. The van der Waals surface area contributed by atoms with Gasteiger partial charge in [-0.3, -0.25) is 10.00 Å². The average molecular weight is 639 g/mol. The van der Waals surface area contributed by atoms with Gasteiger partial charge in [0.25, 0.3) is 5.79 Å². The Labute approximate surface area is 260 Å². The largest absolute Gasteiger partial charge is 0.451 e. The normalized spacial score (nSPS) is 22.0. The minimum atomic E-state index is -4.66. The minimum absolute atomic E-state index is 0.0125. The van der Waals surface area contributed by atoms with E-state index in [0.29, 0.717) is 61.9 Å². The first-order valence-corrected chi connectivity index (χ1v) is 14.8. The van der Waals surface area contributed by atoms with Crippen molar-refractivity contribution in [2.45, 2.75) is 57.8 Å². The summed E-state index contributed by atoms with van der Waals surface area (Å²) < 4.78 is 73.3. The van der Waals surface area contributed by atoms with Crippen molar-refractivity contribution in [3.05, 3.63) is 71.6 Å². The number of benzene rings is 1. The fourth-order valence-electron chi connectivity index (χ4n) is 5.96. The second-order valence-electron chi connectivity index (χ2n) is 11.5. The smallest absolute Gasteiger partial charge is 0.444 e. The number of hydrogen-bond acceptors (Lipinski definition) is 9. The van der Waals surface area contributed by atoms with E-state index >= 15 is 0 Å². The Morgan fingerprint density at radius 2 is 2.04 bits per heavy atom. The van der Waals surface area contributed by atoms with E-state index in [-0.39, 0.29) is 23.2 Å².